The second-order valence-corrected chi connectivity index (χ2v) is 5.60. The number of amides is 1. The van der Waals surface area contributed by atoms with E-state index in [0.717, 1.165) is 0 Å². The summed E-state index contributed by atoms with van der Waals surface area (Å²) in [5, 5.41) is 16.7. The summed E-state index contributed by atoms with van der Waals surface area (Å²) in [4.78, 5) is 23.2. The minimum Gasteiger partial charge on any atom is -0.455 e. The second kappa shape index (κ2) is 8.01. The Bertz CT molecular complexity index is 974. The number of nitrogens with one attached hydrogen (secondary N) is 2. The van der Waals surface area contributed by atoms with Crippen LogP contribution in [0.15, 0.2) is 72.8 Å². The fraction of sp³-hybridized carbons (Fsp3) is 0.0500. The highest BCUT2D eigenvalue weighted by molar-refractivity contribution is 6.09. The number of carbonyl (C=O) groups is 1. The van der Waals surface area contributed by atoms with E-state index in [1.54, 1.807) is 43.4 Å². The molecular formula is C20H17N3O4. The van der Waals surface area contributed by atoms with Crippen LogP contribution in [-0.2, 0) is 0 Å². The van der Waals surface area contributed by atoms with Gasteiger partial charge in [0.1, 0.15) is 5.75 Å². The van der Waals surface area contributed by atoms with E-state index < -0.39 is 10.8 Å². The van der Waals surface area contributed by atoms with Crippen LogP contribution in [0.25, 0.3) is 0 Å². The van der Waals surface area contributed by atoms with Gasteiger partial charge < -0.3 is 15.4 Å². The number of rotatable bonds is 6. The summed E-state index contributed by atoms with van der Waals surface area (Å²) in [6.07, 6.45) is 0. The van der Waals surface area contributed by atoms with Gasteiger partial charge in [0, 0.05) is 24.9 Å². The van der Waals surface area contributed by atoms with Crippen molar-refractivity contribution in [3.8, 4) is 11.5 Å². The molecule has 0 aliphatic rings. The first-order valence-electron chi connectivity index (χ1n) is 8.18. The predicted molar refractivity (Wildman–Crippen MR) is 104 cm³/mol. The largest absolute Gasteiger partial charge is 0.455 e. The van der Waals surface area contributed by atoms with Crippen molar-refractivity contribution in [3.63, 3.8) is 0 Å². The third kappa shape index (κ3) is 4.21. The van der Waals surface area contributed by atoms with Crippen molar-refractivity contribution in [1.82, 2.24) is 0 Å². The molecule has 0 aliphatic carbocycles. The number of hydrogen-bond acceptors (Lipinski definition) is 5. The Morgan fingerprint density at radius 1 is 0.963 bits per heavy atom. The van der Waals surface area contributed by atoms with Gasteiger partial charge in [0.15, 0.2) is 5.75 Å². The van der Waals surface area contributed by atoms with Crippen LogP contribution in [0, 0.1) is 10.1 Å². The van der Waals surface area contributed by atoms with Crippen LogP contribution < -0.4 is 15.4 Å². The van der Waals surface area contributed by atoms with Crippen LogP contribution in [0.4, 0.5) is 17.1 Å². The summed E-state index contributed by atoms with van der Waals surface area (Å²) in [6.45, 7) is 0. The maximum absolute atomic E-state index is 12.7. The molecule has 0 bridgehead atoms. The molecule has 7 nitrogen and oxygen atoms in total. The molecule has 0 unspecified atom stereocenters. The van der Waals surface area contributed by atoms with Gasteiger partial charge in [0.05, 0.1) is 16.2 Å². The molecule has 0 heterocycles. The van der Waals surface area contributed by atoms with E-state index in [0.29, 0.717) is 22.9 Å². The molecule has 0 atom stereocenters. The van der Waals surface area contributed by atoms with Crippen LogP contribution in [0.2, 0.25) is 0 Å². The first-order chi connectivity index (χ1) is 13.1. The van der Waals surface area contributed by atoms with E-state index >= 15 is 0 Å². The number of nitro benzene ring substituents is 1. The molecule has 27 heavy (non-hydrogen) atoms. The van der Waals surface area contributed by atoms with E-state index in [-0.39, 0.29) is 11.3 Å². The van der Waals surface area contributed by atoms with Crippen molar-refractivity contribution in [3.05, 3.63) is 88.5 Å². The normalized spacial score (nSPS) is 10.1. The lowest BCUT2D eigenvalue weighted by molar-refractivity contribution is -0.384. The maximum atomic E-state index is 12.7. The lowest BCUT2D eigenvalue weighted by Gasteiger charge is -2.13. The van der Waals surface area contributed by atoms with Crippen LogP contribution in [0.3, 0.4) is 0 Å². The molecule has 3 rings (SSSR count). The van der Waals surface area contributed by atoms with Crippen LogP contribution in [0.1, 0.15) is 10.4 Å². The van der Waals surface area contributed by atoms with Crippen LogP contribution in [0.5, 0.6) is 11.5 Å². The zero-order valence-corrected chi connectivity index (χ0v) is 14.5. The van der Waals surface area contributed by atoms with Gasteiger partial charge in [-0.1, -0.05) is 30.3 Å². The first-order valence-corrected chi connectivity index (χ1v) is 8.18. The van der Waals surface area contributed by atoms with E-state index in [9.17, 15) is 14.9 Å². The molecule has 3 aromatic rings. The van der Waals surface area contributed by atoms with Gasteiger partial charge in [-0.25, -0.2) is 0 Å². The fourth-order valence-electron chi connectivity index (χ4n) is 2.52. The van der Waals surface area contributed by atoms with Gasteiger partial charge in [-0.15, -0.1) is 0 Å². The van der Waals surface area contributed by atoms with Crippen molar-refractivity contribution in [1.29, 1.82) is 0 Å². The Kier molecular flexibility index (Phi) is 5.32. The highest BCUT2D eigenvalue weighted by Gasteiger charge is 2.17. The molecular weight excluding hydrogens is 346 g/mol. The van der Waals surface area contributed by atoms with Crippen molar-refractivity contribution >= 4 is 23.0 Å². The monoisotopic (exact) mass is 363 g/mol. The van der Waals surface area contributed by atoms with Gasteiger partial charge >= 0.3 is 0 Å². The molecule has 0 fully saturated rings. The third-order valence-corrected chi connectivity index (χ3v) is 3.83. The molecule has 0 spiro atoms. The number of nitro groups is 1. The zero-order chi connectivity index (χ0) is 19.2. The number of anilines is 2. The van der Waals surface area contributed by atoms with E-state index in [4.69, 9.17) is 4.74 Å². The molecule has 2 N–H and O–H groups in total. The first kappa shape index (κ1) is 17.9. The molecule has 0 radical (unpaired) electrons. The lowest BCUT2D eigenvalue weighted by Crippen LogP contribution is -2.15. The predicted octanol–water partition coefficient (Wildman–Crippen LogP) is 4.68. The molecule has 0 aromatic heterocycles. The van der Waals surface area contributed by atoms with Gasteiger partial charge in [0.25, 0.3) is 11.6 Å². The topological polar surface area (TPSA) is 93.5 Å². The Morgan fingerprint density at radius 3 is 2.37 bits per heavy atom. The summed E-state index contributed by atoms with van der Waals surface area (Å²) in [6, 6.07) is 20.2. The highest BCUT2D eigenvalue weighted by atomic mass is 16.6. The maximum Gasteiger partial charge on any atom is 0.270 e. The molecule has 0 aliphatic heterocycles. The summed E-state index contributed by atoms with van der Waals surface area (Å²) >= 11 is 0. The molecule has 0 saturated heterocycles. The van der Waals surface area contributed by atoms with Gasteiger partial charge in [-0.3, -0.25) is 14.9 Å². The Hall–Kier alpha value is -3.87. The van der Waals surface area contributed by atoms with E-state index in [1.807, 2.05) is 18.2 Å². The standard InChI is InChI=1S/C20H17N3O4/c1-21-17-12-11-14(23(25)26)13-16(17)20(24)22-18-9-5-6-10-19(18)27-15-7-3-2-4-8-15/h2-13,21H,1H3,(H,22,24). The van der Waals surface area contributed by atoms with Gasteiger partial charge in [-0.05, 0) is 30.3 Å². The number of benzene rings is 3. The highest BCUT2D eigenvalue weighted by Crippen LogP contribution is 2.30. The third-order valence-electron chi connectivity index (χ3n) is 3.83. The molecule has 3 aromatic carbocycles. The smallest absolute Gasteiger partial charge is 0.270 e. The second-order valence-electron chi connectivity index (χ2n) is 5.60. The van der Waals surface area contributed by atoms with Crippen molar-refractivity contribution < 1.29 is 14.5 Å². The number of ether oxygens (including phenoxy) is 1. The minimum atomic E-state index is -0.539. The Balaban J connectivity index is 1.89. The quantitative estimate of drug-likeness (QED) is 0.490. The zero-order valence-electron chi connectivity index (χ0n) is 14.5. The minimum absolute atomic E-state index is 0.159. The number of para-hydroxylation sites is 3. The Labute approximate surface area is 155 Å². The molecule has 7 heteroatoms. The number of non-ortho nitro benzene ring substituents is 1. The summed E-state index contributed by atoms with van der Waals surface area (Å²) in [7, 11) is 1.64. The van der Waals surface area contributed by atoms with Crippen molar-refractivity contribution in [2.24, 2.45) is 0 Å². The van der Waals surface area contributed by atoms with E-state index in [1.165, 1.54) is 18.2 Å². The molecule has 1 amide bonds. The van der Waals surface area contributed by atoms with Crippen molar-refractivity contribution in [2.45, 2.75) is 0 Å². The fourth-order valence-corrected chi connectivity index (χ4v) is 2.52. The van der Waals surface area contributed by atoms with Gasteiger partial charge in [-0.2, -0.15) is 0 Å². The van der Waals surface area contributed by atoms with Crippen LogP contribution >= 0.6 is 0 Å². The summed E-state index contributed by atoms with van der Waals surface area (Å²) < 4.78 is 5.83. The average molecular weight is 363 g/mol. The number of carbonyl (C=O) groups excluding carboxylic acids is 1. The SMILES string of the molecule is CNc1ccc([N+](=O)[O-])cc1C(=O)Nc1ccccc1Oc1ccccc1. The summed E-state index contributed by atoms with van der Waals surface area (Å²) in [5.41, 5.74) is 0.952. The lowest BCUT2D eigenvalue weighted by atomic mass is 10.1. The Morgan fingerprint density at radius 2 is 1.67 bits per heavy atom. The number of hydrogen-bond donors (Lipinski definition) is 2. The van der Waals surface area contributed by atoms with Crippen LogP contribution in [-0.4, -0.2) is 17.9 Å². The van der Waals surface area contributed by atoms with E-state index in [2.05, 4.69) is 10.6 Å². The number of nitrogens with zero attached hydrogens (tertiary/aromatic N) is 1. The molecule has 136 valence electrons. The summed E-state index contributed by atoms with van der Waals surface area (Å²) in [5.74, 6) is 0.617. The molecule has 0 saturated carbocycles. The van der Waals surface area contributed by atoms with Gasteiger partial charge in [0.2, 0.25) is 0 Å². The average Bonchev–Trinajstić information content (AvgIpc) is 2.69. The van der Waals surface area contributed by atoms with Crippen molar-refractivity contribution in [2.75, 3.05) is 17.7 Å².